The lowest BCUT2D eigenvalue weighted by Crippen LogP contribution is -2.03. The fourth-order valence-corrected chi connectivity index (χ4v) is 3.58. The Morgan fingerprint density at radius 3 is 1.48 bits per heavy atom. The van der Waals surface area contributed by atoms with Gasteiger partial charge in [-0.15, -0.1) is 0 Å². The van der Waals surface area contributed by atoms with Crippen LogP contribution in [0.2, 0.25) is 0 Å². The zero-order valence-electron chi connectivity index (χ0n) is 15.1. The third kappa shape index (κ3) is 4.60. The van der Waals surface area contributed by atoms with E-state index < -0.39 is 25.6 Å². The van der Waals surface area contributed by atoms with Crippen LogP contribution in [0.3, 0.4) is 0 Å². The van der Waals surface area contributed by atoms with E-state index in [2.05, 4.69) is 19.9 Å². The zero-order chi connectivity index (χ0) is 21.4. The Kier molecular flexibility index (Phi) is 5.15. The first-order valence-corrected chi connectivity index (χ1v) is 11.7. The van der Waals surface area contributed by atoms with Crippen LogP contribution in [0.1, 0.15) is 10.4 Å². The Bertz CT molecular complexity index is 1240. The Hall–Kier alpha value is -3.25. The minimum atomic E-state index is -3.60. The van der Waals surface area contributed by atoms with Gasteiger partial charge in [0.1, 0.15) is 12.7 Å². The van der Waals surface area contributed by atoms with Crippen molar-refractivity contribution in [1.29, 1.82) is 0 Å². The smallest absolute Gasteiger partial charge is 0.335 e. The van der Waals surface area contributed by atoms with Gasteiger partial charge in [-0.05, 0) is 18.2 Å². The van der Waals surface area contributed by atoms with Gasteiger partial charge in [-0.1, -0.05) is 0 Å². The maximum Gasteiger partial charge on any atom is 0.335 e. The van der Waals surface area contributed by atoms with Crippen LogP contribution in [0.15, 0.2) is 53.0 Å². The van der Waals surface area contributed by atoms with Gasteiger partial charge in [-0.3, -0.25) is 0 Å². The molecular weight excluding hydrogens is 420 g/mol. The van der Waals surface area contributed by atoms with Crippen molar-refractivity contribution in [2.24, 2.45) is 0 Å². The van der Waals surface area contributed by atoms with E-state index in [9.17, 15) is 26.7 Å². The molecule has 0 aliphatic heterocycles. The highest BCUT2D eigenvalue weighted by molar-refractivity contribution is 7.90. The lowest BCUT2D eigenvalue weighted by molar-refractivity contribution is 0.0697. The van der Waals surface area contributed by atoms with Gasteiger partial charge in [0, 0.05) is 35.8 Å². The van der Waals surface area contributed by atoms with Gasteiger partial charge in [0.15, 0.2) is 29.7 Å². The number of benzene rings is 1. The van der Waals surface area contributed by atoms with Gasteiger partial charge in [-0.2, -0.15) is 0 Å². The third-order valence-corrected chi connectivity index (χ3v) is 5.78. The maximum absolute atomic E-state index is 11.8. The SMILES string of the molecule is CS(=O)(=O)c1cc(-c2cc(C(=O)O)cc(-c3cc(S(C)(=O)=O)ncn3)c2)ncn1. The molecule has 12 heteroatoms. The molecule has 0 aliphatic rings. The van der Waals surface area contributed by atoms with Crippen molar-refractivity contribution in [3.05, 3.63) is 48.5 Å². The van der Waals surface area contributed by atoms with Gasteiger partial charge >= 0.3 is 5.97 Å². The molecule has 0 saturated carbocycles. The first-order valence-electron chi connectivity index (χ1n) is 7.88. The van der Waals surface area contributed by atoms with Crippen LogP contribution in [0.4, 0.5) is 0 Å². The summed E-state index contributed by atoms with van der Waals surface area (Å²) in [5.41, 5.74) is 0.847. The molecule has 10 nitrogen and oxygen atoms in total. The van der Waals surface area contributed by atoms with E-state index in [0.717, 1.165) is 25.2 Å². The fraction of sp³-hybridized carbons (Fsp3) is 0.118. The van der Waals surface area contributed by atoms with E-state index in [1.54, 1.807) is 0 Å². The van der Waals surface area contributed by atoms with Crippen LogP contribution >= 0.6 is 0 Å². The Labute approximate surface area is 166 Å². The first kappa shape index (κ1) is 20.5. The van der Waals surface area contributed by atoms with Gasteiger partial charge in [0.25, 0.3) is 0 Å². The number of sulfone groups is 2. The molecule has 0 bridgehead atoms. The quantitative estimate of drug-likeness (QED) is 0.577. The second-order valence-electron chi connectivity index (χ2n) is 6.13. The molecule has 0 amide bonds. The standard InChI is InChI=1S/C17H14N4O6S2/c1-28(24,25)15-6-13(18-8-20-15)10-3-11(5-12(4-10)17(22)23)14-7-16(21-9-19-14)29(2,26)27/h3-9H,1-2H3,(H,22,23). The summed E-state index contributed by atoms with van der Waals surface area (Å²) < 4.78 is 47.0. The monoisotopic (exact) mass is 434 g/mol. The number of carboxylic acids is 1. The lowest BCUT2D eigenvalue weighted by Gasteiger charge is -2.09. The van der Waals surface area contributed by atoms with Crippen molar-refractivity contribution >= 4 is 25.6 Å². The summed E-state index contributed by atoms with van der Waals surface area (Å²) in [6.45, 7) is 0. The fourth-order valence-electron chi connectivity index (χ4n) is 2.45. The first-order chi connectivity index (χ1) is 13.4. The molecule has 0 radical (unpaired) electrons. The topological polar surface area (TPSA) is 157 Å². The average molecular weight is 434 g/mol. The van der Waals surface area contributed by atoms with E-state index in [4.69, 9.17) is 0 Å². The molecular formula is C17H14N4O6S2. The van der Waals surface area contributed by atoms with E-state index >= 15 is 0 Å². The van der Waals surface area contributed by atoms with Gasteiger partial charge in [0.2, 0.25) is 0 Å². The molecule has 0 fully saturated rings. The number of hydrogen-bond acceptors (Lipinski definition) is 9. The van der Waals surface area contributed by atoms with E-state index in [0.29, 0.717) is 11.1 Å². The predicted octanol–water partition coefficient (Wildman–Crippen LogP) is 1.11. The van der Waals surface area contributed by atoms with Crippen molar-refractivity contribution in [3.8, 4) is 22.5 Å². The lowest BCUT2D eigenvalue weighted by atomic mass is 10.0. The molecule has 29 heavy (non-hydrogen) atoms. The summed E-state index contributed by atoms with van der Waals surface area (Å²) in [5, 5.41) is 9.00. The van der Waals surface area contributed by atoms with Gasteiger partial charge < -0.3 is 5.11 Å². The van der Waals surface area contributed by atoms with Crippen LogP contribution in [-0.2, 0) is 19.7 Å². The number of nitrogens with zero attached hydrogens (tertiary/aromatic N) is 4. The van der Waals surface area contributed by atoms with Crippen molar-refractivity contribution in [1.82, 2.24) is 19.9 Å². The summed E-state index contributed by atoms with van der Waals surface area (Å²) in [7, 11) is -7.20. The molecule has 1 aromatic carbocycles. The van der Waals surface area contributed by atoms with Gasteiger partial charge in [-0.25, -0.2) is 41.6 Å². The van der Waals surface area contributed by atoms with Crippen LogP contribution in [0.5, 0.6) is 0 Å². The second kappa shape index (κ2) is 7.29. The molecule has 2 aromatic heterocycles. The van der Waals surface area contributed by atoms with Gasteiger partial charge in [0.05, 0.1) is 17.0 Å². The summed E-state index contributed by atoms with van der Waals surface area (Å²) in [6, 6.07) is 6.61. The number of rotatable bonds is 5. The summed E-state index contributed by atoms with van der Waals surface area (Å²) in [5.74, 6) is -1.23. The highest BCUT2D eigenvalue weighted by Gasteiger charge is 2.16. The molecule has 0 aliphatic carbocycles. The Morgan fingerprint density at radius 2 is 1.14 bits per heavy atom. The summed E-state index contributed by atoms with van der Waals surface area (Å²) >= 11 is 0. The molecule has 3 rings (SSSR count). The molecule has 0 unspecified atom stereocenters. The molecule has 2 heterocycles. The van der Waals surface area contributed by atoms with E-state index in [1.807, 2.05) is 0 Å². The highest BCUT2D eigenvalue weighted by Crippen LogP contribution is 2.28. The van der Waals surface area contributed by atoms with Crippen molar-refractivity contribution < 1.29 is 26.7 Å². The number of carboxylic acid groups (broad SMARTS) is 1. The normalized spacial score (nSPS) is 11.9. The molecule has 1 N–H and O–H groups in total. The Balaban J connectivity index is 2.22. The second-order valence-corrected chi connectivity index (χ2v) is 10.1. The molecule has 3 aromatic rings. The minimum absolute atomic E-state index is 0.114. The highest BCUT2D eigenvalue weighted by atomic mass is 32.2. The summed E-state index contributed by atoms with van der Waals surface area (Å²) in [4.78, 5) is 27.0. The number of hydrogen-bond donors (Lipinski definition) is 1. The number of aromatic carboxylic acids is 1. The Morgan fingerprint density at radius 1 is 0.724 bits per heavy atom. The minimum Gasteiger partial charge on any atom is -0.478 e. The van der Waals surface area contributed by atoms with Crippen molar-refractivity contribution in [3.63, 3.8) is 0 Å². The zero-order valence-corrected chi connectivity index (χ0v) is 16.8. The van der Waals surface area contributed by atoms with Crippen LogP contribution in [-0.4, -0.2) is 60.4 Å². The van der Waals surface area contributed by atoms with Crippen LogP contribution < -0.4 is 0 Å². The summed E-state index contributed by atoms with van der Waals surface area (Å²) in [6.07, 6.45) is 4.11. The largest absolute Gasteiger partial charge is 0.478 e. The number of aromatic nitrogens is 4. The molecule has 0 saturated heterocycles. The number of carbonyl (C=O) groups is 1. The van der Waals surface area contributed by atoms with Crippen molar-refractivity contribution in [2.45, 2.75) is 10.1 Å². The average Bonchev–Trinajstić information content (AvgIpc) is 2.66. The molecule has 0 spiro atoms. The third-order valence-electron chi connectivity index (χ3n) is 3.82. The molecule has 0 atom stereocenters. The van der Waals surface area contributed by atoms with E-state index in [1.165, 1.54) is 30.3 Å². The van der Waals surface area contributed by atoms with E-state index in [-0.39, 0.29) is 27.0 Å². The maximum atomic E-state index is 11.8. The van der Waals surface area contributed by atoms with Crippen LogP contribution in [0.25, 0.3) is 22.5 Å². The molecule has 150 valence electrons. The van der Waals surface area contributed by atoms with Crippen LogP contribution in [0, 0.1) is 0 Å². The predicted molar refractivity (Wildman–Crippen MR) is 102 cm³/mol. The van der Waals surface area contributed by atoms with Crippen molar-refractivity contribution in [2.75, 3.05) is 12.5 Å².